The number of fused-ring (bicyclic) bond motifs is 1. The van der Waals surface area contributed by atoms with Crippen LogP contribution < -0.4 is 15.4 Å². The average molecular weight is 566 g/mol. The molecule has 1 fully saturated rings. The van der Waals surface area contributed by atoms with Gasteiger partial charge in [-0.2, -0.15) is 4.99 Å². The van der Waals surface area contributed by atoms with Crippen LogP contribution >= 0.6 is 11.6 Å². The van der Waals surface area contributed by atoms with Crippen LogP contribution in [0.3, 0.4) is 0 Å². The summed E-state index contributed by atoms with van der Waals surface area (Å²) in [4.78, 5) is 13.2. The molecular weight excluding hydrogens is 533 g/mol. The molecule has 0 radical (unpaired) electrons. The number of hydrogen-bond acceptors (Lipinski definition) is 7. The molecule has 0 aliphatic carbocycles. The average Bonchev–Trinajstić information content (AvgIpc) is 3.25. The third-order valence-corrected chi connectivity index (χ3v) is 7.02. The van der Waals surface area contributed by atoms with E-state index in [-0.39, 0.29) is 24.1 Å². The van der Waals surface area contributed by atoms with Crippen molar-refractivity contribution in [3.8, 4) is 5.75 Å². The summed E-state index contributed by atoms with van der Waals surface area (Å²) < 4.78 is 30.9. The van der Waals surface area contributed by atoms with Crippen molar-refractivity contribution in [3.63, 3.8) is 0 Å². The maximum absolute atomic E-state index is 13.4. The second-order valence-corrected chi connectivity index (χ2v) is 11.2. The number of nitrogens with zero attached hydrogens (tertiary/aromatic N) is 4. The Morgan fingerprint density at radius 2 is 1.98 bits per heavy atom. The third-order valence-electron chi connectivity index (χ3n) is 6.66. The van der Waals surface area contributed by atoms with Crippen molar-refractivity contribution in [2.24, 2.45) is 15.7 Å². The Morgan fingerprint density at radius 1 is 1.15 bits per heavy atom. The molecule has 0 bridgehead atoms. The molecule has 2 heterocycles. The molecule has 3 aromatic rings. The fraction of sp³-hybridized carbons (Fsp3) is 0.333. The summed E-state index contributed by atoms with van der Waals surface area (Å²) in [5.74, 6) is 0.0779. The SMILES string of the molecule is CN1C(=Nc2ccc3c(c2)C(N)N(c2ccc(COc4cccc(F)c4)c(Cl)c2)C=N3)OC[C@@H]1COC(C)(C)C. The normalized spacial score (nSPS) is 19.6. The first-order valence-electron chi connectivity index (χ1n) is 13.0. The molecule has 0 amide bonds. The highest BCUT2D eigenvalue weighted by Crippen LogP contribution is 2.37. The first kappa shape index (κ1) is 27.9. The lowest BCUT2D eigenvalue weighted by molar-refractivity contribution is -0.0220. The maximum atomic E-state index is 13.4. The smallest absolute Gasteiger partial charge is 0.292 e. The van der Waals surface area contributed by atoms with Gasteiger partial charge in [-0.15, -0.1) is 0 Å². The number of halogens is 2. The molecule has 40 heavy (non-hydrogen) atoms. The molecule has 1 unspecified atom stereocenters. The third kappa shape index (κ3) is 6.38. The fourth-order valence-electron chi connectivity index (χ4n) is 4.34. The van der Waals surface area contributed by atoms with E-state index in [2.05, 4.69) is 4.99 Å². The molecule has 3 aromatic carbocycles. The summed E-state index contributed by atoms with van der Waals surface area (Å²) in [6.45, 7) is 7.37. The summed E-state index contributed by atoms with van der Waals surface area (Å²) >= 11 is 6.58. The lowest BCUT2D eigenvalue weighted by Gasteiger charge is -2.31. The molecule has 2 aliphatic heterocycles. The number of ether oxygens (including phenoxy) is 3. The van der Waals surface area contributed by atoms with E-state index in [0.29, 0.717) is 35.7 Å². The van der Waals surface area contributed by atoms with Crippen LogP contribution in [0.5, 0.6) is 5.75 Å². The van der Waals surface area contributed by atoms with Gasteiger partial charge in [0.25, 0.3) is 6.02 Å². The van der Waals surface area contributed by atoms with Gasteiger partial charge in [0.15, 0.2) is 0 Å². The monoisotopic (exact) mass is 565 g/mol. The Balaban J connectivity index is 1.29. The number of likely N-dealkylation sites (N-methyl/N-ethyl adjacent to an activating group) is 1. The van der Waals surface area contributed by atoms with Gasteiger partial charge in [0, 0.05) is 35.0 Å². The Hall–Kier alpha value is -3.66. The van der Waals surface area contributed by atoms with Crippen molar-refractivity contribution in [3.05, 3.63) is 82.6 Å². The first-order valence-corrected chi connectivity index (χ1v) is 13.4. The van der Waals surface area contributed by atoms with Crippen LogP contribution in [0.2, 0.25) is 5.02 Å². The van der Waals surface area contributed by atoms with Crippen LogP contribution in [0.15, 0.2) is 70.6 Å². The van der Waals surface area contributed by atoms with E-state index in [4.69, 9.17) is 36.5 Å². The molecular formula is C30H33ClFN5O3. The van der Waals surface area contributed by atoms with Crippen LogP contribution in [-0.2, 0) is 16.1 Å². The van der Waals surface area contributed by atoms with Crippen molar-refractivity contribution < 1.29 is 18.6 Å². The minimum absolute atomic E-state index is 0.0879. The number of benzene rings is 3. The van der Waals surface area contributed by atoms with Crippen LogP contribution in [-0.4, -0.2) is 49.2 Å². The number of nitrogens with two attached hydrogens (primary N) is 1. The summed E-state index contributed by atoms with van der Waals surface area (Å²) in [6.07, 6.45) is 1.19. The quantitative estimate of drug-likeness (QED) is 0.360. The van der Waals surface area contributed by atoms with E-state index < -0.39 is 6.17 Å². The molecule has 5 rings (SSSR count). The zero-order valence-corrected chi connectivity index (χ0v) is 23.7. The lowest BCUT2D eigenvalue weighted by Crippen LogP contribution is -2.36. The summed E-state index contributed by atoms with van der Waals surface area (Å²) in [5, 5.41) is 0.506. The van der Waals surface area contributed by atoms with Crippen LogP contribution in [0.4, 0.5) is 21.5 Å². The largest absolute Gasteiger partial charge is 0.489 e. The van der Waals surface area contributed by atoms with E-state index in [9.17, 15) is 4.39 Å². The van der Waals surface area contributed by atoms with Gasteiger partial charge >= 0.3 is 0 Å². The number of rotatable bonds is 7. The van der Waals surface area contributed by atoms with Crippen LogP contribution in [0.1, 0.15) is 38.1 Å². The Kier molecular flexibility index (Phi) is 7.98. The summed E-state index contributed by atoms with van der Waals surface area (Å²) in [5.41, 5.74) is 10.3. The van der Waals surface area contributed by atoms with E-state index >= 15 is 0 Å². The minimum Gasteiger partial charge on any atom is -0.489 e. The van der Waals surface area contributed by atoms with Crippen molar-refractivity contribution >= 4 is 41.0 Å². The molecule has 8 nitrogen and oxygen atoms in total. The van der Waals surface area contributed by atoms with Gasteiger partial charge in [0.2, 0.25) is 0 Å². The highest BCUT2D eigenvalue weighted by atomic mass is 35.5. The molecule has 2 aliphatic rings. The van der Waals surface area contributed by atoms with E-state index in [0.717, 1.165) is 22.5 Å². The summed E-state index contributed by atoms with van der Waals surface area (Å²) in [6, 6.07) is 17.9. The summed E-state index contributed by atoms with van der Waals surface area (Å²) in [7, 11) is 1.95. The van der Waals surface area contributed by atoms with E-state index in [1.165, 1.54) is 12.1 Å². The van der Waals surface area contributed by atoms with E-state index in [1.54, 1.807) is 18.5 Å². The lowest BCUT2D eigenvalue weighted by atomic mass is 10.1. The van der Waals surface area contributed by atoms with Gasteiger partial charge in [-0.1, -0.05) is 23.7 Å². The van der Waals surface area contributed by atoms with Gasteiger partial charge in [0.1, 0.15) is 30.9 Å². The number of anilines is 1. The second-order valence-electron chi connectivity index (χ2n) is 10.8. The van der Waals surface area contributed by atoms with Gasteiger partial charge in [0.05, 0.1) is 36.0 Å². The standard InChI is InChI=1S/C30H33ClFN5O3/c1-30(2,3)40-17-23-16-39-29(36(23)4)35-21-9-11-27-25(13-21)28(33)37(18-34-27)22-10-8-19(26(31)14-22)15-38-24-7-5-6-20(32)12-24/h5-14,18,23,28H,15-17,33H2,1-4H3/t23-,28?/m1/s1. The number of aliphatic imine (C=N–C) groups is 2. The maximum Gasteiger partial charge on any atom is 0.292 e. The van der Waals surface area contributed by atoms with Crippen LogP contribution in [0, 0.1) is 5.82 Å². The van der Waals surface area contributed by atoms with E-state index in [1.807, 2.05) is 74.0 Å². The fourth-order valence-corrected chi connectivity index (χ4v) is 4.57. The van der Waals surface area contributed by atoms with Crippen LogP contribution in [0.25, 0.3) is 0 Å². The Morgan fingerprint density at radius 3 is 2.73 bits per heavy atom. The topological polar surface area (TPSA) is 84.9 Å². The predicted octanol–water partition coefficient (Wildman–Crippen LogP) is 6.33. The highest BCUT2D eigenvalue weighted by molar-refractivity contribution is 6.31. The first-order chi connectivity index (χ1) is 19.1. The second kappa shape index (κ2) is 11.4. The van der Waals surface area contributed by atoms with Crippen molar-refractivity contribution in [2.45, 2.75) is 45.2 Å². The van der Waals surface area contributed by atoms with Crippen molar-refractivity contribution in [1.29, 1.82) is 0 Å². The zero-order valence-electron chi connectivity index (χ0n) is 23.0. The molecule has 1 saturated heterocycles. The minimum atomic E-state index is -0.506. The van der Waals surface area contributed by atoms with Crippen molar-refractivity contribution in [1.82, 2.24) is 4.90 Å². The van der Waals surface area contributed by atoms with Gasteiger partial charge in [-0.3, -0.25) is 0 Å². The van der Waals surface area contributed by atoms with Gasteiger partial charge < -0.3 is 29.7 Å². The molecule has 0 saturated carbocycles. The molecule has 0 aromatic heterocycles. The Bertz CT molecular complexity index is 1440. The highest BCUT2D eigenvalue weighted by Gasteiger charge is 2.30. The van der Waals surface area contributed by atoms with Crippen molar-refractivity contribution in [2.75, 3.05) is 25.2 Å². The zero-order chi connectivity index (χ0) is 28.4. The van der Waals surface area contributed by atoms with Gasteiger partial charge in [-0.25, -0.2) is 9.38 Å². The number of hydrogen-bond donors (Lipinski definition) is 1. The Labute approximate surface area is 238 Å². The molecule has 210 valence electrons. The predicted molar refractivity (Wildman–Crippen MR) is 156 cm³/mol. The molecule has 2 N–H and O–H groups in total. The number of amidine groups is 1. The molecule has 0 spiro atoms. The molecule has 10 heteroatoms. The van der Waals surface area contributed by atoms with Gasteiger partial charge in [-0.05, 0) is 63.2 Å². The molecule has 2 atom stereocenters.